The van der Waals surface area contributed by atoms with Crippen molar-refractivity contribution in [1.82, 2.24) is 10.3 Å². The van der Waals surface area contributed by atoms with E-state index in [4.69, 9.17) is 0 Å². The van der Waals surface area contributed by atoms with Crippen molar-refractivity contribution in [3.63, 3.8) is 0 Å². The summed E-state index contributed by atoms with van der Waals surface area (Å²) >= 11 is 1.27. The molecule has 22 heavy (non-hydrogen) atoms. The number of pyridine rings is 1. The maximum atomic E-state index is 13.8. The normalized spacial score (nSPS) is 10.4. The second-order valence-corrected chi connectivity index (χ2v) is 5.73. The van der Waals surface area contributed by atoms with Crippen molar-refractivity contribution >= 4 is 17.2 Å². The number of rotatable bonds is 4. The van der Waals surface area contributed by atoms with Gasteiger partial charge in [-0.3, -0.25) is 9.78 Å². The zero-order valence-corrected chi connectivity index (χ0v) is 12.4. The van der Waals surface area contributed by atoms with Gasteiger partial charge in [-0.15, -0.1) is 11.3 Å². The molecule has 110 valence electrons. The minimum absolute atomic E-state index is 0.182. The Balaban J connectivity index is 1.71. The van der Waals surface area contributed by atoms with Gasteiger partial charge in [0.15, 0.2) is 0 Å². The van der Waals surface area contributed by atoms with Gasteiger partial charge in [-0.05, 0) is 30.3 Å². The zero-order chi connectivity index (χ0) is 15.4. The summed E-state index contributed by atoms with van der Waals surface area (Å²) in [6, 6.07) is 15.6. The van der Waals surface area contributed by atoms with E-state index in [9.17, 15) is 9.18 Å². The molecule has 2 aromatic heterocycles. The molecule has 0 unspecified atom stereocenters. The van der Waals surface area contributed by atoms with E-state index >= 15 is 0 Å². The molecule has 0 aliphatic heterocycles. The van der Waals surface area contributed by atoms with E-state index in [1.807, 2.05) is 18.2 Å². The molecule has 1 aromatic carbocycles. The number of benzene rings is 1. The molecule has 0 fully saturated rings. The van der Waals surface area contributed by atoms with Crippen LogP contribution in [0.2, 0.25) is 0 Å². The molecule has 0 saturated carbocycles. The Morgan fingerprint density at radius 3 is 2.68 bits per heavy atom. The van der Waals surface area contributed by atoms with Crippen LogP contribution in [0.25, 0.3) is 10.4 Å². The minimum Gasteiger partial charge on any atom is -0.346 e. The number of carbonyl (C=O) groups excluding carboxylic acids is 1. The maximum absolute atomic E-state index is 13.8. The Labute approximate surface area is 131 Å². The predicted molar refractivity (Wildman–Crippen MR) is 85.1 cm³/mol. The van der Waals surface area contributed by atoms with Gasteiger partial charge in [-0.1, -0.05) is 24.3 Å². The summed E-state index contributed by atoms with van der Waals surface area (Å²) in [6.45, 7) is 0.368. The Morgan fingerprint density at radius 1 is 1.09 bits per heavy atom. The molecule has 0 atom stereocenters. The molecule has 0 radical (unpaired) electrons. The van der Waals surface area contributed by atoms with Gasteiger partial charge >= 0.3 is 0 Å². The van der Waals surface area contributed by atoms with Gasteiger partial charge in [0.05, 0.1) is 17.1 Å². The van der Waals surface area contributed by atoms with Gasteiger partial charge in [0.25, 0.3) is 5.91 Å². The molecule has 5 heteroatoms. The van der Waals surface area contributed by atoms with Crippen molar-refractivity contribution in [2.24, 2.45) is 0 Å². The fourth-order valence-corrected chi connectivity index (χ4v) is 2.98. The Kier molecular flexibility index (Phi) is 4.25. The highest BCUT2D eigenvalue weighted by atomic mass is 32.1. The fourth-order valence-electron chi connectivity index (χ4n) is 2.03. The molecule has 3 rings (SSSR count). The molecule has 0 spiro atoms. The van der Waals surface area contributed by atoms with Crippen LogP contribution in [-0.2, 0) is 6.54 Å². The van der Waals surface area contributed by atoms with Crippen LogP contribution in [-0.4, -0.2) is 10.9 Å². The van der Waals surface area contributed by atoms with Gasteiger partial charge in [0, 0.05) is 16.6 Å². The van der Waals surface area contributed by atoms with Crippen molar-refractivity contribution in [2.45, 2.75) is 6.54 Å². The van der Waals surface area contributed by atoms with Crippen molar-refractivity contribution in [3.8, 4) is 10.4 Å². The molecular weight excluding hydrogens is 299 g/mol. The van der Waals surface area contributed by atoms with Gasteiger partial charge in [-0.25, -0.2) is 4.39 Å². The lowest BCUT2D eigenvalue weighted by molar-refractivity contribution is 0.0954. The highest BCUT2D eigenvalue weighted by molar-refractivity contribution is 7.17. The molecule has 2 heterocycles. The number of nitrogens with one attached hydrogen (secondary N) is 1. The van der Waals surface area contributed by atoms with Crippen LogP contribution in [0.1, 0.15) is 15.4 Å². The first kappa shape index (κ1) is 14.4. The van der Waals surface area contributed by atoms with Gasteiger partial charge < -0.3 is 5.32 Å². The van der Waals surface area contributed by atoms with E-state index in [1.165, 1.54) is 17.4 Å². The number of nitrogens with zero attached hydrogens (tertiary/aromatic N) is 1. The lowest BCUT2D eigenvalue weighted by Crippen LogP contribution is -2.22. The zero-order valence-electron chi connectivity index (χ0n) is 11.6. The third-order valence-corrected chi connectivity index (χ3v) is 4.24. The van der Waals surface area contributed by atoms with Crippen molar-refractivity contribution in [3.05, 3.63) is 77.2 Å². The first-order valence-electron chi connectivity index (χ1n) is 6.77. The molecule has 3 aromatic rings. The summed E-state index contributed by atoms with van der Waals surface area (Å²) < 4.78 is 13.8. The summed E-state index contributed by atoms with van der Waals surface area (Å²) in [6.07, 6.45) is 1.68. The Hall–Kier alpha value is -2.53. The van der Waals surface area contributed by atoms with E-state index in [2.05, 4.69) is 10.3 Å². The Morgan fingerprint density at radius 2 is 1.91 bits per heavy atom. The number of halogens is 1. The van der Waals surface area contributed by atoms with E-state index < -0.39 is 0 Å². The van der Waals surface area contributed by atoms with Crippen molar-refractivity contribution < 1.29 is 9.18 Å². The predicted octanol–water partition coefficient (Wildman–Crippen LogP) is 3.88. The third-order valence-electron chi connectivity index (χ3n) is 3.13. The second-order valence-electron chi connectivity index (χ2n) is 4.65. The monoisotopic (exact) mass is 312 g/mol. The number of carbonyl (C=O) groups is 1. The van der Waals surface area contributed by atoms with Crippen LogP contribution in [0, 0.1) is 5.82 Å². The largest absolute Gasteiger partial charge is 0.346 e. The summed E-state index contributed by atoms with van der Waals surface area (Å²) in [4.78, 5) is 17.6. The topological polar surface area (TPSA) is 42.0 Å². The van der Waals surface area contributed by atoms with Crippen LogP contribution in [0.5, 0.6) is 0 Å². The van der Waals surface area contributed by atoms with Crippen LogP contribution in [0.15, 0.2) is 60.8 Å². The van der Waals surface area contributed by atoms with Crippen LogP contribution in [0.3, 0.4) is 0 Å². The molecule has 1 amide bonds. The lowest BCUT2D eigenvalue weighted by atomic mass is 10.2. The minimum atomic E-state index is -0.287. The average molecular weight is 312 g/mol. The number of hydrogen-bond acceptors (Lipinski definition) is 3. The summed E-state index contributed by atoms with van der Waals surface area (Å²) in [5.74, 6) is -0.469. The van der Waals surface area contributed by atoms with Crippen molar-refractivity contribution in [1.29, 1.82) is 0 Å². The highest BCUT2D eigenvalue weighted by Crippen LogP contribution is 2.29. The van der Waals surface area contributed by atoms with E-state index in [0.29, 0.717) is 17.0 Å². The molecule has 0 aliphatic carbocycles. The SMILES string of the molecule is O=C(NCc1ccccn1)c1ccc(-c2ccccc2F)s1. The number of amides is 1. The second kappa shape index (κ2) is 6.49. The summed E-state index contributed by atoms with van der Waals surface area (Å²) in [5.41, 5.74) is 1.30. The van der Waals surface area contributed by atoms with Gasteiger partial charge in [-0.2, -0.15) is 0 Å². The molecule has 0 bridgehead atoms. The standard InChI is InChI=1S/C17H13FN2OS/c18-14-7-2-1-6-13(14)15-8-9-16(22-15)17(21)20-11-12-5-3-4-10-19-12/h1-10H,11H2,(H,20,21). The molecule has 1 N–H and O–H groups in total. The number of thiophene rings is 1. The first-order valence-corrected chi connectivity index (χ1v) is 7.58. The summed E-state index contributed by atoms with van der Waals surface area (Å²) in [5, 5.41) is 2.81. The lowest BCUT2D eigenvalue weighted by Gasteiger charge is -2.02. The van der Waals surface area contributed by atoms with Gasteiger partial charge in [0.1, 0.15) is 5.82 Å². The van der Waals surface area contributed by atoms with E-state index in [1.54, 1.807) is 36.5 Å². The maximum Gasteiger partial charge on any atom is 0.261 e. The summed E-state index contributed by atoms with van der Waals surface area (Å²) in [7, 11) is 0. The molecular formula is C17H13FN2OS. The average Bonchev–Trinajstić information content (AvgIpc) is 3.04. The Bertz CT molecular complexity index is 786. The smallest absolute Gasteiger partial charge is 0.261 e. The van der Waals surface area contributed by atoms with Crippen LogP contribution < -0.4 is 5.32 Å². The van der Waals surface area contributed by atoms with Crippen LogP contribution >= 0.6 is 11.3 Å². The molecule has 0 aliphatic rings. The van der Waals surface area contributed by atoms with E-state index in [0.717, 1.165) is 10.6 Å². The van der Waals surface area contributed by atoms with Gasteiger partial charge in [0.2, 0.25) is 0 Å². The number of aromatic nitrogens is 1. The van der Waals surface area contributed by atoms with Crippen molar-refractivity contribution in [2.75, 3.05) is 0 Å². The van der Waals surface area contributed by atoms with Crippen LogP contribution in [0.4, 0.5) is 4.39 Å². The first-order chi connectivity index (χ1) is 10.7. The number of hydrogen-bond donors (Lipinski definition) is 1. The molecule has 0 saturated heterocycles. The fraction of sp³-hybridized carbons (Fsp3) is 0.0588. The quantitative estimate of drug-likeness (QED) is 0.794. The molecule has 3 nitrogen and oxygen atoms in total. The van der Waals surface area contributed by atoms with E-state index in [-0.39, 0.29) is 11.7 Å². The highest BCUT2D eigenvalue weighted by Gasteiger charge is 2.12. The third kappa shape index (κ3) is 3.20.